The van der Waals surface area contributed by atoms with Crippen molar-refractivity contribution in [3.05, 3.63) is 29.3 Å². The average Bonchev–Trinajstić information content (AvgIpc) is 2.40. The monoisotopic (exact) mass is 297 g/mol. The van der Waals surface area contributed by atoms with Gasteiger partial charge in [-0.15, -0.1) is 6.42 Å². The Bertz CT molecular complexity index is 581. The molecule has 2 rings (SSSR count). The second-order valence-corrected chi connectivity index (χ2v) is 6.97. The Balaban J connectivity index is 2.25. The van der Waals surface area contributed by atoms with Crippen LogP contribution in [0.15, 0.2) is 29.2 Å². The maximum absolute atomic E-state index is 12.3. The van der Waals surface area contributed by atoms with Gasteiger partial charge in [-0.3, -0.25) is 0 Å². The smallest absolute Gasteiger partial charge is 0.207 e. The van der Waals surface area contributed by atoms with E-state index in [-0.39, 0.29) is 4.90 Å². The molecule has 0 bridgehead atoms. The minimum Gasteiger partial charge on any atom is -0.207 e. The number of rotatable bonds is 3. The van der Waals surface area contributed by atoms with Crippen LogP contribution in [-0.4, -0.2) is 14.0 Å². The molecule has 0 amide bonds. The third kappa shape index (κ3) is 3.30. The molecule has 0 aromatic heterocycles. The molecule has 19 heavy (non-hydrogen) atoms. The zero-order chi connectivity index (χ0) is 13.9. The molecule has 1 aliphatic rings. The Hall–Kier alpha value is -1.02. The molecule has 1 aromatic rings. The Morgan fingerprint density at radius 1 is 1.16 bits per heavy atom. The van der Waals surface area contributed by atoms with Gasteiger partial charge in [-0.05, 0) is 37.1 Å². The van der Waals surface area contributed by atoms with Gasteiger partial charge in [0.1, 0.15) is 0 Å². The summed E-state index contributed by atoms with van der Waals surface area (Å²) in [7, 11) is -3.60. The number of halogens is 1. The standard InChI is InChI=1S/C14H16ClNO2S/c1-2-14(10-4-3-5-11-14)16-19(17,18)13-8-6-12(15)7-9-13/h1,6-9,16H,3-5,10-11H2. The average molecular weight is 298 g/mol. The van der Waals surface area contributed by atoms with E-state index in [1.807, 2.05) is 0 Å². The molecular formula is C14H16ClNO2S. The molecule has 0 aliphatic heterocycles. The first kappa shape index (κ1) is 14.4. The molecule has 0 atom stereocenters. The van der Waals surface area contributed by atoms with Gasteiger partial charge in [-0.1, -0.05) is 36.8 Å². The Labute approximate surface area is 119 Å². The van der Waals surface area contributed by atoms with Gasteiger partial charge in [0.2, 0.25) is 10.0 Å². The number of hydrogen-bond acceptors (Lipinski definition) is 2. The zero-order valence-electron chi connectivity index (χ0n) is 10.5. The van der Waals surface area contributed by atoms with Gasteiger partial charge in [0.05, 0.1) is 10.4 Å². The molecule has 102 valence electrons. The fraction of sp³-hybridized carbons (Fsp3) is 0.429. The zero-order valence-corrected chi connectivity index (χ0v) is 12.1. The third-order valence-electron chi connectivity index (χ3n) is 3.44. The summed E-state index contributed by atoms with van der Waals surface area (Å²) in [6, 6.07) is 6.08. The summed E-state index contributed by atoms with van der Waals surface area (Å²) in [5.41, 5.74) is -0.739. The highest BCUT2D eigenvalue weighted by atomic mass is 35.5. The molecule has 1 N–H and O–H groups in total. The lowest BCUT2D eigenvalue weighted by molar-refractivity contribution is 0.341. The normalized spacial score (nSPS) is 18.7. The quantitative estimate of drug-likeness (QED) is 0.872. The van der Waals surface area contributed by atoms with Crippen molar-refractivity contribution < 1.29 is 8.42 Å². The first-order valence-electron chi connectivity index (χ1n) is 6.25. The molecular weight excluding hydrogens is 282 g/mol. The number of nitrogens with one attached hydrogen (secondary N) is 1. The van der Waals surface area contributed by atoms with Gasteiger partial charge in [0, 0.05) is 5.02 Å². The van der Waals surface area contributed by atoms with Gasteiger partial charge in [-0.25, -0.2) is 8.42 Å². The molecule has 1 fully saturated rings. The summed E-state index contributed by atoms with van der Waals surface area (Å²) in [6.45, 7) is 0. The van der Waals surface area contributed by atoms with Crippen LogP contribution < -0.4 is 4.72 Å². The van der Waals surface area contributed by atoms with Crippen LogP contribution in [0, 0.1) is 12.3 Å². The molecule has 1 aliphatic carbocycles. The van der Waals surface area contributed by atoms with Crippen LogP contribution in [0.5, 0.6) is 0 Å². The molecule has 3 nitrogen and oxygen atoms in total. The van der Waals surface area contributed by atoms with Crippen molar-refractivity contribution in [3.63, 3.8) is 0 Å². The summed E-state index contributed by atoms with van der Waals surface area (Å²) < 4.78 is 27.3. The van der Waals surface area contributed by atoms with E-state index in [4.69, 9.17) is 18.0 Å². The topological polar surface area (TPSA) is 46.2 Å². The molecule has 1 saturated carbocycles. The van der Waals surface area contributed by atoms with E-state index >= 15 is 0 Å². The van der Waals surface area contributed by atoms with E-state index in [9.17, 15) is 8.42 Å². The highest BCUT2D eigenvalue weighted by Gasteiger charge is 2.34. The summed E-state index contributed by atoms with van der Waals surface area (Å²) in [5.74, 6) is 2.64. The van der Waals surface area contributed by atoms with E-state index in [0.717, 1.165) is 19.3 Å². The number of sulfonamides is 1. The summed E-state index contributed by atoms with van der Waals surface area (Å²) in [6.07, 6.45) is 9.94. The minimum absolute atomic E-state index is 0.192. The first-order chi connectivity index (χ1) is 8.97. The fourth-order valence-corrected chi connectivity index (χ4v) is 3.88. The summed E-state index contributed by atoms with van der Waals surface area (Å²) >= 11 is 5.76. The Morgan fingerprint density at radius 3 is 2.26 bits per heavy atom. The van der Waals surface area contributed by atoms with Gasteiger partial charge in [0.15, 0.2) is 0 Å². The lowest BCUT2D eigenvalue weighted by Gasteiger charge is -2.32. The minimum atomic E-state index is -3.60. The number of benzene rings is 1. The van der Waals surface area contributed by atoms with E-state index in [1.165, 1.54) is 12.1 Å². The molecule has 0 unspecified atom stereocenters. The SMILES string of the molecule is C#CC1(NS(=O)(=O)c2ccc(Cl)cc2)CCCCC1. The van der Waals surface area contributed by atoms with Crippen molar-refractivity contribution >= 4 is 21.6 Å². The highest BCUT2D eigenvalue weighted by molar-refractivity contribution is 7.89. The van der Waals surface area contributed by atoms with Crippen molar-refractivity contribution in [2.45, 2.75) is 42.5 Å². The van der Waals surface area contributed by atoms with Gasteiger partial charge in [0.25, 0.3) is 0 Å². The number of hydrogen-bond donors (Lipinski definition) is 1. The maximum atomic E-state index is 12.3. The molecule has 0 saturated heterocycles. The van der Waals surface area contributed by atoms with Crippen LogP contribution in [0.4, 0.5) is 0 Å². The van der Waals surface area contributed by atoms with E-state index in [1.54, 1.807) is 12.1 Å². The lowest BCUT2D eigenvalue weighted by Crippen LogP contribution is -2.48. The summed E-state index contributed by atoms with van der Waals surface area (Å²) in [5, 5.41) is 0.503. The summed E-state index contributed by atoms with van der Waals surface area (Å²) in [4.78, 5) is 0.192. The molecule has 1 aromatic carbocycles. The van der Waals surface area contributed by atoms with Crippen molar-refractivity contribution in [3.8, 4) is 12.3 Å². The lowest BCUT2D eigenvalue weighted by atomic mass is 9.83. The highest BCUT2D eigenvalue weighted by Crippen LogP contribution is 2.29. The Kier molecular flexibility index (Phi) is 4.19. The van der Waals surface area contributed by atoms with Gasteiger partial charge in [-0.2, -0.15) is 4.72 Å². The van der Waals surface area contributed by atoms with Crippen LogP contribution in [0.2, 0.25) is 5.02 Å². The van der Waals surface area contributed by atoms with Crippen molar-refractivity contribution in [2.75, 3.05) is 0 Å². The van der Waals surface area contributed by atoms with Crippen LogP contribution in [-0.2, 0) is 10.0 Å². The Morgan fingerprint density at radius 2 is 1.74 bits per heavy atom. The van der Waals surface area contributed by atoms with Gasteiger partial charge >= 0.3 is 0 Å². The van der Waals surface area contributed by atoms with Crippen molar-refractivity contribution in [1.29, 1.82) is 0 Å². The first-order valence-corrected chi connectivity index (χ1v) is 8.11. The third-order valence-corrected chi connectivity index (χ3v) is 5.24. The van der Waals surface area contributed by atoms with Crippen LogP contribution >= 0.6 is 11.6 Å². The van der Waals surface area contributed by atoms with Crippen LogP contribution in [0.1, 0.15) is 32.1 Å². The van der Waals surface area contributed by atoms with Crippen LogP contribution in [0.3, 0.4) is 0 Å². The molecule has 5 heteroatoms. The second kappa shape index (κ2) is 5.54. The van der Waals surface area contributed by atoms with Crippen molar-refractivity contribution in [2.24, 2.45) is 0 Å². The largest absolute Gasteiger partial charge is 0.241 e. The second-order valence-electron chi connectivity index (χ2n) is 4.85. The van der Waals surface area contributed by atoms with Crippen LogP contribution in [0.25, 0.3) is 0 Å². The van der Waals surface area contributed by atoms with E-state index in [2.05, 4.69) is 10.6 Å². The molecule has 0 heterocycles. The predicted octanol–water partition coefficient (Wildman–Crippen LogP) is 2.95. The fourth-order valence-electron chi connectivity index (χ4n) is 2.36. The maximum Gasteiger partial charge on any atom is 0.241 e. The van der Waals surface area contributed by atoms with Crippen molar-refractivity contribution in [1.82, 2.24) is 4.72 Å². The van der Waals surface area contributed by atoms with E-state index in [0.29, 0.717) is 17.9 Å². The van der Waals surface area contributed by atoms with E-state index < -0.39 is 15.6 Å². The molecule has 0 radical (unpaired) electrons. The molecule has 0 spiro atoms. The van der Waals surface area contributed by atoms with Gasteiger partial charge < -0.3 is 0 Å². The predicted molar refractivity (Wildman–Crippen MR) is 76.4 cm³/mol. The number of terminal acetylenes is 1.